The standard InChI is InChI=1S/C12H14N2O5/c1-7(11(16)17)10(15)13-8-3-5-9(6-4-8)14-12(18)19-2/h3-7H,1-2H3,(H,13,15)(H,14,18)(H,16,17). The molecule has 1 aromatic rings. The number of benzene rings is 1. The number of carbonyl (C=O) groups excluding carboxylic acids is 2. The number of methoxy groups -OCH3 is 1. The number of rotatable bonds is 4. The van der Waals surface area contributed by atoms with Crippen molar-refractivity contribution in [2.24, 2.45) is 5.92 Å². The van der Waals surface area contributed by atoms with Crippen molar-refractivity contribution in [2.45, 2.75) is 6.92 Å². The molecule has 1 unspecified atom stereocenters. The Morgan fingerprint density at radius 2 is 1.58 bits per heavy atom. The maximum absolute atomic E-state index is 11.5. The van der Waals surface area contributed by atoms with E-state index in [4.69, 9.17) is 5.11 Å². The summed E-state index contributed by atoms with van der Waals surface area (Å²) in [6.07, 6.45) is -0.601. The lowest BCUT2D eigenvalue weighted by Gasteiger charge is -2.09. The molecule has 0 aromatic heterocycles. The number of hydrogen-bond donors (Lipinski definition) is 3. The highest BCUT2D eigenvalue weighted by Crippen LogP contribution is 2.14. The van der Waals surface area contributed by atoms with Crippen molar-refractivity contribution >= 4 is 29.3 Å². The Bertz CT molecular complexity index is 483. The average Bonchev–Trinajstić information content (AvgIpc) is 2.39. The lowest BCUT2D eigenvalue weighted by molar-refractivity contribution is -0.144. The van der Waals surface area contributed by atoms with E-state index < -0.39 is 23.9 Å². The molecule has 0 heterocycles. The van der Waals surface area contributed by atoms with Crippen molar-refractivity contribution in [3.8, 4) is 0 Å². The molecule has 102 valence electrons. The summed E-state index contributed by atoms with van der Waals surface area (Å²) in [6, 6.07) is 6.19. The van der Waals surface area contributed by atoms with E-state index in [2.05, 4.69) is 15.4 Å². The number of anilines is 2. The highest BCUT2D eigenvalue weighted by Gasteiger charge is 2.20. The minimum absolute atomic E-state index is 0.438. The van der Waals surface area contributed by atoms with E-state index in [0.717, 1.165) is 0 Å². The molecule has 0 spiro atoms. The summed E-state index contributed by atoms with van der Waals surface area (Å²) >= 11 is 0. The Morgan fingerprint density at radius 3 is 2.00 bits per heavy atom. The summed E-state index contributed by atoms with van der Waals surface area (Å²) in [4.78, 5) is 33.0. The molecule has 0 aliphatic carbocycles. The van der Waals surface area contributed by atoms with E-state index in [1.807, 2.05) is 0 Å². The van der Waals surface area contributed by atoms with Gasteiger partial charge in [0, 0.05) is 11.4 Å². The van der Waals surface area contributed by atoms with Crippen molar-refractivity contribution in [3.05, 3.63) is 24.3 Å². The monoisotopic (exact) mass is 266 g/mol. The molecule has 0 aliphatic rings. The molecular weight excluding hydrogens is 252 g/mol. The molecule has 0 saturated heterocycles. The largest absolute Gasteiger partial charge is 0.481 e. The number of carboxylic acid groups (broad SMARTS) is 1. The van der Waals surface area contributed by atoms with Crippen molar-refractivity contribution in [1.29, 1.82) is 0 Å². The molecule has 0 fully saturated rings. The molecule has 0 saturated carbocycles. The van der Waals surface area contributed by atoms with Gasteiger partial charge in [-0.2, -0.15) is 0 Å². The summed E-state index contributed by atoms with van der Waals surface area (Å²) in [5.74, 6) is -2.93. The molecule has 7 nitrogen and oxygen atoms in total. The summed E-state index contributed by atoms with van der Waals surface area (Å²) in [5.41, 5.74) is 0.935. The van der Waals surface area contributed by atoms with Crippen molar-refractivity contribution in [2.75, 3.05) is 17.7 Å². The first kappa shape index (κ1) is 14.5. The molecule has 0 aliphatic heterocycles. The van der Waals surface area contributed by atoms with Crippen LogP contribution in [0.4, 0.5) is 16.2 Å². The Morgan fingerprint density at radius 1 is 1.11 bits per heavy atom. The highest BCUT2D eigenvalue weighted by molar-refractivity contribution is 6.03. The fraction of sp³-hybridized carbons (Fsp3) is 0.250. The van der Waals surface area contributed by atoms with Gasteiger partial charge in [0.15, 0.2) is 0 Å². The molecule has 1 aromatic carbocycles. The van der Waals surface area contributed by atoms with E-state index in [9.17, 15) is 14.4 Å². The number of aliphatic carboxylic acids is 1. The maximum Gasteiger partial charge on any atom is 0.411 e. The molecule has 19 heavy (non-hydrogen) atoms. The molecule has 1 rings (SSSR count). The van der Waals surface area contributed by atoms with Gasteiger partial charge in [-0.1, -0.05) is 0 Å². The third-order valence-electron chi connectivity index (χ3n) is 2.35. The van der Waals surface area contributed by atoms with Crippen molar-refractivity contribution in [3.63, 3.8) is 0 Å². The first-order valence-electron chi connectivity index (χ1n) is 5.42. The molecule has 3 N–H and O–H groups in total. The Hall–Kier alpha value is -2.57. The van der Waals surface area contributed by atoms with Gasteiger partial charge in [0.25, 0.3) is 0 Å². The molecule has 2 amide bonds. The third-order valence-corrected chi connectivity index (χ3v) is 2.35. The van der Waals surface area contributed by atoms with Crippen LogP contribution in [-0.4, -0.2) is 30.2 Å². The van der Waals surface area contributed by atoms with Crippen LogP contribution in [-0.2, 0) is 14.3 Å². The minimum atomic E-state index is -1.19. The van der Waals surface area contributed by atoms with E-state index in [0.29, 0.717) is 11.4 Å². The van der Waals surface area contributed by atoms with Crippen LogP contribution in [0, 0.1) is 5.92 Å². The number of ether oxygens (including phenoxy) is 1. The number of hydrogen-bond acceptors (Lipinski definition) is 4. The second-order valence-electron chi connectivity index (χ2n) is 3.74. The summed E-state index contributed by atoms with van der Waals surface area (Å²) < 4.78 is 4.42. The smallest absolute Gasteiger partial charge is 0.411 e. The van der Waals surface area contributed by atoms with Gasteiger partial charge in [0.1, 0.15) is 5.92 Å². The Labute approximate surface area is 109 Å². The van der Waals surface area contributed by atoms with Crippen molar-refractivity contribution in [1.82, 2.24) is 0 Å². The quantitative estimate of drug-likeness (QED) is 0.717. The third kappa shape index (κ3) is 4.30. The lowest BCUT2D eigenvalue weighted by atomic mass is 10.1. The molecule has 1 atom stereocenters. The zero-order valence-corrected chi connectivity index (χ0v) is 10.5. The SMILES string of the molecule is COC(=O)Nc1ccc(NC(=O)C(C)C(=O)O)cc1. The Kier molecular flexibility index (Phi) is 4.87. The average molecular weight is 266 g/mol. The van der Waals surface area contributed by atoms with E-state index >= 15 is 0 Å². The second-order valence-corrected chi connectivity index (χ2v) is 3.74. The fourth-order valence-corrected chi connectivity index (χ4v) is 1.17. The highest BCUT2D eigenvalue weighted by atomic mass is 16.5. The van der Waals surface area contributed by atoms with Gasteiger partial charge in [-0.25, -0.2) is 4.79 Å². The van der Waals surface area contributed by atoms with Gasteiger partial charge in [-0.3, -0.25) is 14.9 Å². The maximum atomic E-state index is 11.5. The zero-order valence-electron chi connectivity index (χ0n) is 10.5. The summed E-state index contributed by atoms with van der Waals surface area (Å²) in [6.45, 7) is 1.30. The Balaban J connectivity index is 2.64. The van der Waals surface area contributed by atoms with Crippen molar-refractivity contribution < 1.29 is 24.2 Å². The van der Waals surface area contributed by atoms with Gasteiger partial charge in [-0.05, 0) is 31.2 Å². The first-order chi connectivity index (χ1) is 8.93. The van der Waals surface area contributed by atoms with Crippen LogP contribution < -0.4 is 10.6 Å². The zero-order chi connectivity index (χ0) is 14.4. The van der Waals surface area contributed by atoms with Crippen LogP contribution in [0.3, 0.4) is 0 Å². The molecular formula is C12H14N2O5. The van der Waals surface area contributed by atoms with E-state index in [1.165, 1.54) is 26.2 Å². The fourth-order valence-electron chi connectivity index (χ4n) is 1.17. The van der Waals surface area contributed by atoms with Gasteiger partial charge >= 0.3 is 12.1 Å². The van der Waals surface area contributed by atoms with E-state index in [1.54, 1.807) is 12.1 Å². The topological polar surface area (TPSA) is 105 Å². The number of carboxylic acids is 1. The predicted octanol–water partition coefficient (Wildman–Crippen LogP) is 1.52. The number of carbonyl (C=O) groups is 3. The number of amides is 2. The van der Waals surface area contributed by atoms with Gasteiger partial charge in [0.2, 0.25) is 5.91 Å². The molecule has 7 heteroatoms. The van der Waals surface area contributed by atoms with Crippen LogP contribution in [0.15, 0.2) is 24.3 Å². The predicted molar refractivity (Wildman–Crippen MR) is 67.9 cm³/mol. The molecule has 0 radical (unpaired) electrons. The van der Waals surface area contributed by atoms with Crippen LogP contribution >= 0.6 is 0 Å². The first-order valence-corrected chi connectivity index (χ1v) is 5.42. The second kappa shape index (κ2) is 6.39. The minimum Gasteiger partial charge on any atom is -0.481 e. The van der Waals surface area contributed by atoms with E-state index in [-0.39, 0.29) is 0 Å². The van der Waals surface area contributed by atoms with Crippen LogP contribution in [0.1, 0.15) is 6.92 Å². The summed E-state index contributed by atoms with van der Waals surface area (Å²) in [7, 11) is 1.25. The molecule has 0 bridgehead atoms. The number of nitrogens with one attached hydrogen (secondary N) is 2. The van der Waals surface area contributed by atoms with Crippen LogP contribution in [0.25, 0.3) is 0 Å². The van der Waals surface area contributed by atoms with Crippen LogP contribution in [0.5, 0.6) is 0 Å². The normalized spacial score (nSPS) is 11.3. The lowest BCUT2D eigenvalue weighted by Crippen LogP contribution is -2.26. The van der Waals surface area contributed by atoms with Crippen LogP contribution in [0.2, 0.25) is 0 Å². The van der Waals surface area contributed by atoms with Gasteiger partial charge in [-0.15, -0.1) is 0 Å². The van der Waals surface area contributed by atoms with Gasteiger partial charge < -0.3 is 15.2 Å². The van der Waals surface area contributed by atoms with Gasteiger partial charge in [0.05, 0.1) is 7.11 Å². The summed E-state index contributed by atoms with van der Waals surface area (Å²) in [5, 5.41) is 13.6.